The molecule has 7 heteroatoms. The van der Waals surface area contributed by atoms with Crippen LogP contribution in [0.5, 0.6) is 11.5 Å². The van der Waals surface area contributed by atoms with Crippen LogP contribution >= 0.6 is 0 Å². The first kappa shape index (κ1) is 17.0. The Labute approximate surface area is 163 Å². The maximum Gasteiger partial charge on any atom is 0.231 e. The van der Waals surface area contributed by atoms with Crippen molar-refractivity contribution in [3.63, 3.8) is 0 Å². The van der Waals surface area contributed by atoms with Crippen LogP contribution < -0.4 is 14.4 Å². The summed E-state index contributed by atoms with van der Waals surface area (Å²) >= 11 is 0. The van der Waals surface area contributed by atoms with E-state index in [0.717, 1.165) is 77.2 Å². The van der Waals surface area contributed by atoms with Crippen molar-refractivity contribution in [3.8, 4) is 22.8 Å². The van der Waals surface area contributed by atoms with Crippen molar-refractivity contribution in [2.45, 2.75) is 39.7 Å². The molecular formula is C21H22N4O3. The van der Waals surface area contributed by atoms with E-state index in [1.54, 1.807) is 0 Å². The molecule has 0 unspecified atom stereocenters. The van der Waals surface area contributed by atoms with Crippen LogP contribution in [0.15, 0.2) is 28.8 Å². The van der Waals surface area contributed by atoms with Crippen molar-refractivity contribution in [2.75, 3.05) is 18.2 Å². The van der Waals surface area contributed by atoms with Gasteiger partial charge in [-0.2, -0.15) is 0 Å². The Hall–Kier alpha value is -3.09. The first-order chi connectivity index (χ1) is 13.7. The van der Waals surface area contributed by atoms with Crippen molar-refractivity contribution in [1.29, 1.82) is 0 Å². The predicted octanol–water partition coefficient (Wildman–Crippen LogP) is 3.68. The molecule has 0 aliphatic carbocycles. The molecule has 0 bridgehead atoms. The number of hydrogen-bond acceptors (Lipinski definition) is 7. The number of aromatic nitrogens is 3. The van der Waals surface area contributed by atoms with Gasteiger partial charge in [0, 0.05) is 42.3 Å². The van der Waals surface area contributed by atoms with Gasteiger partial charge in [-0.3, -0.25) is 0 Å². The van der Waals surface area contributed by atoms with E-state index < -0.39 is 0 Å². The molecule has 4 heterocycles. The average Bonchev–Trinajstić information content (AvgIpc) is 3.33. The molecule has 5 rings (SSSR count). The van der Waals surface area contributed by atoms with Gasteiger partial charge in [-0.1, -0.05) is 12.1 Å². The summed E-state index contributed by atoms with van der Waals surface area (Å²) in [6, 6.07) is 7.94. The van der Waals surface area contributed by atoms with Crippen LogP contribution in [-0.4, -0.2) is 28.5 Å². The van der Waals surface area contributed by atoms with Crippen molar-refractivity contribution in [3.05, 3.63) is 47.1 Å². The van der Waals surface area contributed by atoms with Crippen molar-refractivity contribution in [2.24, 2.45) is 0 Å². The van der Waals surface area contributed by atoms with Gasteiger partial charge in [0.2, 0.25) is 6.79 Å². The van der Waals surface area contributed by atoms with Gasteiger partial charge in [-0.15, -0.1) is 0 Å². The van der Waals surface area contributed by atoms with E-state index in [4.69, 9.17) is 19.0 Å². The Morgan fingerprint density at radius 2 is 2.00 bits per heavy atom. The highest BCUT2D eigenvalue weighted by Gasteiger charge is 2.27. The van der Waals surface area contributed by atoms with Crippen LogP contribution in [0.2, 0.25) is 0 Å². The Morgan fingerprint density at radius 1 is 1.11 bits per heavy atom. The zero-order valence-corrected chi connectivity index (χ0v) is 16.1. The Kier molecular flexibility index (Phi) is 4.15. The van der Waals surface area contributed by atoms with E-state index >= 15 is 0 Å². The summed E-state index contributed by atoms with van der Waals surface area (Å²) in [5.41, 5.74) is 3.94. The molecule has 0 fully saturated rings. The highest BCUT2D eigenvalue weighted by Crippen LogP contribution is 2.38. The van der Waals surface area contributed by atoms with Crippen molar-refractivity contribution >= 4 is 5.82 Å². The van der Waals surface area contributed by atoms with E-state index in [1.807, 2.05) is 25.1 Å². The number of ether oxygens (including phenoxy) is 2. The minimum Gasteiger partial charge on any atom is -0.454 e. The maximum absolute atomic E-state index is 5.65. The molecule has 1 aromatic carbocycles. The molecular weight excluding hydrogens is 356 g/mol. The van der Waals surface area contributed by atoms with Crippen LogP contribution in [0.4, 0.5) is 5.82 Å². The molecule has 0 saturated carbocycles. The molecule has 0 amide bonds. The minimum atomic E-state index is 0.261. The third kappa shape index (κ3) is 2.96. The standard InChI is InChI=1S/C21H22N4O3/c1-3-4-19-22-13(2)9-20(23-19)25-8-7-16-15(11-25)21(24-28-16)14-5-6-17-18(10-14)27-12-26-17/h5-6,9-10H,3-4,7-8,11-12H2,1-2H3. The van der Waals surface area contributed by atoms with Gasteiger partial charge >= 0.3 is 0 Å². The van der Waals surface area contributed by atoms with E-state index in [9.17, 15) is 0 Å². The molecule has 0 saturated heterocycles. The zero-order valence-electron chi connectivity index (χ0n) is 16.1. The quantitative estimate of drug-likeness (QED) is 0.685. The molecule has 3 aromatic rings. The van der Waals surface area contributed by atoms with Gasteiger partial charge < -0.3 is 18.9 Å². The fourth-order valence-electron chi connectivity index (χ4n) is 3.78. The van der Waals surface area contributed by atoms with Gasteiger partial charge in [0.1, 0.15) is 23.1 Å². The van der Waals surface area contributed by atoms with Gasteiger partial charge in [0.05, 0.1) is 6.54 Å². The zero-order chi connectivity index (χ0) is 19.1. The van der Waals surface area contributed by atoms with E-state index in [0.29, 0.717) is 6.54 Å². The fourth-order valence-corrected chi connectivity index (χ4v) is 3.78. The van der Waals surface area contributed by atoms with Crippen LogP contribution in [0.25, 0.3) is 11.3 Å². The molecule has 7 nitrogen and oxygen atoms in total. The summed E-state index contributed by atoms with van der Waals surface area (Å²) in [6.45, 7) is 6.00. The molecule has 0 N–H and O–H groups in total. The number of benzene rings is 1. The summed E-state index contributed by atoms with van der Waals surface area (Å²) in [5, 5.41) is 4.36. The third-order valence-corrected chi connectivity index (χ3v) is 5.16. The largest absolute Gasteiger partial charge is 0.454 e. The van der Waals surface area contributed by atoms with E-state index in [1.165, 1.54) is 0 Å². The second-order valence-electron chi connectivity index (χ2n) is 7.21. The van der Waals surface area contributed by atoms with Crippen LogP contribution in [0.3, 0.4) is 0 Å². The lowest BCUT2D eigenvalue weighted by Crippen LogP contribution is -2.31. The SMILES string of the molecule is CCCc1nc(C)cc(N2CCc3onc(-c4ccc5c(c4)OCO5)c3C2)n1. The summed E-state index contributed by atoms with van der Waals surface area (Å²) in [4.78, 5) is 11.6. The Morgan fingerprint density at radius 3 is 2.89 bits per heavy atom. The Bertz CT molecular complexity index is 1030. The summed E-state index contributed by atoms with van der Waals surface area (Å²) in [5.74, 6) is 4.34. The smallest absolute Gasteiger partial charge is 0.231 e. The normalized spacial score (nSPS) is 15.0. The van der Waals surface area contributed by atoms with Crippen LogP contribution in [0.1, 0.15) is 36.2 Å². The Balaban J connectivity index is 1.47. The molecule has 0 spiro atoms. The second-order valence-corrected chi connectivity index (χ2v) is 7.21. The maximum atomic E-state index is 5.65. The molecule has 0 radical (unpaired) electrons. The number of fused-ring (bicyclic) bond motifs is 2. The monoisotopic (exact) mass is 378 g/mol. The highest BCUT2D eigenvalue weighted by atomic mass is 16.7. The van der Waals surface area contributed by atoms with Gasteiger partial charge in [-0.25, -0.2) is 9.97 Å². The number of hydrogen-bond donors (Lipinski definition) is 0. The van der Waals surface area contributed by atoms with E-state index in [-0.39, 0.29) is 6.79 Å². The first-order valence-electron chi connectivity index (χ1n) is 9.68. The number of anilines is 1. The minimum absolute atomic E-state index is 0.261. The van der Waals surface area contributed by atoms with Crippen molar-refractivity contribution < 1.29 is 14.0 Å². The number of rotatable bonds is 4. The lowest BCUT2D eigenvalue weighted by atomic mass is 10.0. The predicted molar refractivity (Wildman–Crippen MR) is 104 cm³/mol. The van der Waals surface area contributed by atoms with Gasteiger partial charge in [0.15, 0.2) is 11.5 Å². The molecule has 2 aliphatic rings. The van der Waals surface area contributed by atoms with Crippen LogP contribution in [-0.2, 0) is 19.4 Å². The first-order valence-corrected chi connectivity index (χ1v) is 9.68. The molecule has 0 atom stereocenters. The highest BCUT2D eigenvalue weighted by molar-refractivity contribution is 5.68. The second kappa shape index (κ2) is 6.82. The summed E-state index contributed by atoms with van der Waals surface area (Å²) in [7, 11) is 0. The van der Waals surface area contributed by atoms with Gasteiger partial charge in [0.25, 0.3) is 0 Å². The van der Waals surface area contributed by atoms with Crippen molar-refractivity contribution in [1.82, 2.24) is 15.1 Å². The van der Waals surface area contributed by atoms with Gasteiger partial charge in [-0.05, 0) is 31.5 Å². The molecule has 144 valence electrons. The van der Waals surface area contributed by atoms with E-state index in [2.05, 4.69) is 28.0 Å². The lowest BCUT2D eigenvalue weighted by Gasteiger charge is -2.27. The molecule has 2 aliphatic heterocycles. The summed E-state index contributed by atoms with van der Waals surface area (Å²) in [6.07, 6.45) is 2.73. The fraction of sp³-hybridized carbons (Fsp3) is 0.381. The average molecular weight is 378 g/mol. The topological polar surface area (TPSA) is 73.5 Å². The lowest BCUT2D eigenvalue weighted by molar-refractivity contribution is 0.174. The molecule has 2 aromatic heterocycles. The third-order valence-electron chi connectivity index (χ3n) is 5.16. The van der Waals surface area contributed by atoms with Crippen LogP contribution in [0, 0.1) is 6.92 Å². The number of aryl methyl sites for hydroxylation is 2. The summed E-state index contributed by atoms with van der Waals surface area (Å²) < 4.78 is 16.6. The molecule has 28 heavy (non-hydrogen) atoms. The number of nitrogens with zero attached hydrogens (tertiary/aromatic N) is 4.